The zero-order valence-corrected chi connectivity index (χ0v) is 17.3. The lowest BCUT2D eigenvalue weighted by atomic mass is 10.1. The Labute approximate surface area is 180 Å². The van der Waals surface area contributed by atoms with E-state index in [0.29, 0.717) is 23.9 Å². The molecule has 1 aliphatic rings. The summed E-state index contributed by atoms with van der Waals surface area (Å²) in [5.74, 6) is 0.105. The molecule has 2 heterocycles. The highest BCUT2D eigenvalue weighted by Crippen LogP contribution is 2.29. The molecule has 1 saturated carbocycles. The summed E-state index contributed by atoms with van der Waals surface area (Å²) in [5, 5.41) is 3.78. The Bertz CT molecular complexity index is 1190. The average molecular weight is 416 g/mol. The smallest absolute Gasteiger partial charge is 0.220 e. The molecule has 0 bridgehead atoms. The van der Waals surface area contributed by atoms with Crippen molar-refractivity contribution in [3.05, 3.63) is 83.6 Å². The molecule has 0 saturated heterocycles. The van der Waals surface area contributed by atoms with Gasteiger partial charge >= 0.3 is 0 Å². The number of hydrogen-bond acceptors (Lipinski definition) is 2. The van der Waals surface area contributed by atoms with E-state index in [4.69, 9.17) is 16.6 Å². The van der Waals surface area contributed by atoms with Crippen LogP contribution < -0.4 is 5.32 Å². The van der Waals surface area contributed by atoms with Gasteiger partial charge in [-0.2, -0.15) is 0 Å². The number of halogens is 1. The van der Waals surface area contributed by atoms with Crippen LogP contribution in [0.4, 0.5) is 0 Å². The number of amides is 1. The molecule has 1 aliphatic carbocycles. The van der Waals surface area contributed by atoms with E-state index in [2.05, 4.69) is 34.1 Å². The van der Waals surface area contributed by atoms with Gasteiger partial charge in [-0.15, -0.1) is 0 Å². The minimum absolute atomic E-state index is 0.105. The molecular weight excluding hydrogens is 394 g/mol. The van der Waals surface area contributed by atoms with E-state index in [9.17, 15) is 4.79 Å². The van der Waals surface area contributed by atoms with E-state index in [1.807, 2.05) is 48.5 Å². The molecule has 30 heavy (non-hydrogen) atoms. The Morgan fingerprint density at radius 3 is 2.43 bits per heavy atom. The molecular formula is C25H22ClN3O. The van der Waals surface area contributed by atoms with Crippen molar-refractivity contribution in [2.24, 2.45) is 0 Å². The van der Waals surface area contributed by atoms with Gasteiger partial charge in [-0.3, -0.25) is 4.79 Å². The first kappa shape index (κ1) is 18.9. The lowest BCUT2D eigenvalue weighted by molar-refractivity contribution is -0.121. The van der Waals surface area contributed by atoms with Gasteiger partial charge < -0.3 is 9.72 Å². The van der Waals surface area contributed by atoms with E-state index < -0.39 is 0 Å². The lowest BCUT2D eigenvalue weighted by Crippen LogP contribution is -2.25. The Morgan fingerprint density at radius 2 is 1.70 bits per heavy atom. The monoisotopic (exact) mass is 415 g/mol. The largest absolute Gasteiger partial charge is 0.353 e. The van der Waals surface area contributed by atoms with Crippen LogP contribution in [0.5, 0.6) is 0 Å². The van der Waals surface area contributed by atoms with Crippen LogP contribution in [0.25, 0.3) is 28.0 Å². The number of hydrogen-bond donors (Lipinski definition) is 1. The molecule has 0 unspecified atom stereocenters. The molecule has 5 rings (SSSR count). The van der Waals surface area contributed by atoms with Gasteiger partial charge in [0.25, 0.3) is 0 Å². The van der Waals surface area contributed by atoms with Crippen molar-refractivity contribution >= 4 is 23.2 Å². The third kappa shape index (κ3) is 3.96. The summed E-state index contributed by atoms with van der Waals surface area (Å²) in [6, 6.07) is 22.5. The normalized spacial score (nSPS) is 13.5. The summed E-state index contributed by atoms with van der Waals surface area (Å²) in [5.41, 5.74) is 6.08. The second kappa shape index (κ2) is 7.96. The molecule has 2 aromatic heterocycles. The van der Waals surface area contributed by atoms with E-state index in [0.717, 1.165) is 46.6 Å². The first-order chi connectivity index (χ1) is 14.7. The van der Waals surface area contributed by atoms with Crippen LogP contribution in [0.2, 0.25) is 5.02 Å². The Kier molecular flexibility index (Phi) is 5.01. The number of fused-ring (bicyclic) bond motifs is 1. The van der Waals surface area contributed by atoms with Crippen LogP contribution in [-0.2, 0) is 11.2 Å². The fourth-order valence-electron chi connectivity index (χ4n) is 3.73. The number of carbonyl (C=O) groups excluding carboxylic acids is 1. The Hall–Kier alpha value is -3.11. The van der Waals surface area contributed by atoms with Gasteiger partial charge in [-0.1, -0.05) is 54.1 Å². The van der Waals surface area contributed by atoms with Crippen LogP contribution in [0.15, 0.2) is 72.9 Å². The molecule has 4 aromatic rings. The average Bonchev–Trinajstić information content (AvgIpc) is 3.51. The number of pyridine rings is 1. The molecule has 0 aliphatic heterocycles. The molecule has 1 N–H and O–H groups in total. The number of nitrogens with one attached hydrogen (secondary N) is 1. The van der Waals surface area contributed by atoms with Gasteiger partial charge in [0.2, 0.25) is 5.91 Å². The molecule has 4 nitrogen and oxygen atoms in total. The number of nitrogens with zero attached hydrogens (tertiary/aromatic N) is 2. The molecule has 0 radical (unpaired) electrons. The summed E-state index contributed by atoms with van der Waals surface area (Å²) < 4.78 is 2.12. The molecule has 1 fully saturated rings. The van der Waals surface area contributed by atoms with E-state index in [1.165, 1.54) is 0 Å². The predicted octanol–water partition coefficient (Wildman–Crippen LogP) is 5.53. The maximum Gasteiger partial charge on any atom is 0.220 e. The molecule has 150 valence electrons. The molecule has 1 amide bonds. The van der Waals surface area contributed by atoms with Crippen LogP contribution >= 0.6 is 11.6 Å². The first-order valence-corrected chi connectivity index (χ1v) is 10.7. The minimum Gasteiger partial charge on any atom is -0.353 e. The number of rotatable bonds is 6. The van der Waals surface area contributed by atoms with Crippen molar-refractivity contribution < 1.29 is 4.79 Å². The van der Waals surface area contributed by atoms with Gasteiger partial charge in [0.15, 0.2) is 0 Å². The van der Waals surface area contributed by atoms with Crippen molar-refractivity contribution in [1.29, 1.82) is 0 Å². The first-order valence-electron chi connectivity index (χ1n) is 10.3. The zero-order valence-electron chi connectivity index (χ0n) is 16.5. The van der Waals surface area contributed by atoms with Crippen LogP contribution in [-0.4, -0.2) is 21.3 Å². The predicted molar refractivity (Wildman–Crippen MR) is 121 cm³/mol. The zero-order chi connectivity index (χ0) is 20.5. The third-order valence-electron chi connectivity index (χ3n) is 5.47. The number of benzene rings is 2. The summed E-state index contributed by atoms with van der Waals surface area (Å²) in [6.45, 7) is 0. The van der Waals surface area contributed by atoms with Crippen molar-refractivity contribution in [2.45, 2.75) is 31.7 Å². The van der Waals surface area contributed by atoms with E-state index >= 15 is 0 Å². The molecule has 5 heteroatoms. The van der Waals surface area contributed by atoms with Crippen LogP contribution in [0, 0.1) is 0 Å². The lowest BCUT2D eigenvalue weighted by Gasteiger charge is -2.08. The second-order valence-corrected chi connectivity index (χ2v) is 8.20. The van der Waals surface area contributed by atoms with E-state index in [1.54, 1.807) is 0 Å². The maximum atomic E-state index is 12.3. The van der Waals surface area contributed by atoms with Gasteiger partial charge in [0.1, 0.15) is 5.65 Å². The van der Waals surface area contributed by atoms with Crippen molar-refractivity contribution in [3.63, 3.8) is 0 Å². The molecule has 0 spiro atoms. The van der Waals surface area contributed by atoms with Crippen molar-refractivity contribution in [1.82, 2.24) is 14.7 Å². The fraction of sp³-hybridized carbons (Fsp3) is 0.200. The van der Waals surface area contributed by atoms with Gasteiger partial charge in [-0.05, 0) is 54.7 Å². The highest BCUT2D eigenvalue weighted by atomic mass is 35.5. The fourth-order valence-corrected chi connectivity index (χ4v) is 3.86. The number of aryl methyl sites for hydroxylation is 1. The molecule has 2 aromatic carbocycles. The summed E-state index contributed by atoms with van der Waals surface area (Å²) in [4.78, 5) is 17.2. The van der Waals surface area contributed by atoms with E-state index in [-0.39, 0.29) is 5.91 Å². The highest BCUT2D eigenvalue weighted by molar-refractivity contribution is 6.30. The summed E-state index contributed by atoms with van der Waals surface area (Å²) in [7, 11) is 0. The third-order valence-corrected chi connectivity index (χ3v) is 5.73. The van der Waals surface area contributed by atoms with Crippen LogP contribution in [0.3, 0.4) is 0 Å². The minimum atomic E-state index is 0.105. The van der Waals surface area contributed by atoms with Crippen molar-refractivity contribution in [2.75, 3.05) is 0 Å². The van der Waals surface area contributed by atoms with Crippen molar-refractivity contribution in [3.8, 4) is 22.4 Å². The molecule has 0 atom stereocenters. The van der Waals surface area contributed by atoms with Gasteiger partial charge in [0.05, 0.1) is 11.4 Å². The Morgan fingerprint density at radius 1 is 0.967 bits per heavy atom. The van der Waals surface area contributed by atoms with Gasteiger partial charge in [-0.25, -0.2) is 4.98 Å². The SMILES string of the molecule is O=C(CCc1c(-c2ccc(Cl)cc2)nc2ccc(-c3ccccc3)cn12)NC1CC1. The maximum absolute atomic E-state index is 12.3. The number of aromatic nitrogens is 2. The number of imidazole rings is 1. The second-order valence-electron chi connectivity index (χ2n) is 7.77. The summed E-state index contributed by atoms with van der Waals surface area (Å²) in [6.07, 6.45) is 5.37. The topological polar surface area (TPSA) is 46.4 Å². The van der Waals surface area contributed by atoms with Gasteiger partial charge in [0, 0.05) is 29.2 Å². The van der Waals surface area contributed by atoms with Crippen LogP contribution in [0.1, 0.15) is 25.0 Å². The quantitative estimate of drug-likeness (QED) is 0.450. The number of carbonyl (C=O) groups is 1. The standard InChI is InChI=1S/C25H22ClN3O/c26-20-9-6-18(7-10-20)25-22(13-15-24(30)27-21-11-12-21)29-16-19(8-14-23(29)28-25)17-4-2-1-3-5-17/h1-10,14,16,21H,11-13,15H2,(H,27,30). The summed E-state index contributed by atoms with van der Waals surface area (Å²) >= 11 is 6.08. The Balaban J connectivity index is 1.56. The highest BCUT2D eigenvalue weighted by Gasteiger charge is 2.23.